The Morgan fingerprint density at radius 1 is 1.16 bits per heavy atom. The van der Waals surface area contributed by atoms with Crippen LogP contribution in [0, 0.1) is 11.8 Å². The number of fused-ring (bicyclic) bond motifs is 1. The van der Waals surface area contributed by atoms with Gasteiger partial charge in [0.1, 0.15) is 11.6 Å². The first-order valence-electron chi connectivity index (χ1n) is 12.2. The van der Waals surface area contributed by atoms with E-state index in [-0.39, 0.29) is 24.3 Å². The van der Waals surface area contributed by atoms with Crippen molar-refractivity contribution in [3.05, 3.63) is 0 Å². The number of nitrogens with zero attached hydrogens (tertiary/aromatic N) is 1. The van der Waals surface area contributed by atoms with Crippen molar-refractivity contribution in [2.75, 3.05) is 19.7 Å². The fourth-order valence-corrected chi connectivity index (χ4v) is 5.91. The summed E-state index contributed by atoms with van der Waals surface area (Å²) in [7, 11) is 0. The van der Waals surface area contributed by atoms with Crippen LogP contribution in [0.3, 0.4) is 0 Å². The zero-order valence-electron chi connectivity index (χ0n) is 20.3. The molecular formula is C24H41N3O5. The molecule has 0 saturated carbocycles. The standard InChI is InChI=1S/C24H41N3O5/c1-6-13-25-19(29)16-17-21(31)27(14-9-7-8-10-15-28)18(20(30)26-22(2,3)4)24(17)12-11-23(16,5)32-24/h16-18,28H,6-15H2,1-5H3,(H,25,29)(H,26,30)/t16-,17+,18?,23+,24?/m1/s1. The number of unbranched alkanes of at least 4 members (excludes halogenated alkanes) is 3. The van der Waals surface area contributed by atoms with Crippen molar-refractivity contribution in [3.8, 4) is 0 Å². The third kappa shape index (κ3) is 4.40. The number of aliphatic hydroxyl groups excluding tert-OH is 1. The third-order valence-corrected chi connectivity index (χ3v) is 7.16. The number of rotatable bonds is 10. The molecular weight excluding hydrogens is 410 g/mol. The van der Waals surface area contributed by atoms with Gasteiger partial charge in [-0.15, -0.1) is 0 Å². The summed E-state index contributed by atoms with van der Waals surface area (Å²) in [5.41, 5.74) is -2.13. The Bertz CT molecular complexity index is 736. The van der Waals surface area contributed by atoms with Gasteiger partial charge in [0.15, 0.2) is 0 Å². The molecule has 0 radical (unpaired) electrons. The Morgan fingerprint density at radius 2 is 1.84 bits per heavy atom. The van der Waals surface area contributed by atoms with E-state index in [1.54, 1.807) is 4.90 Å². The molecule has 8 nitrogen and oxygen atoms in total. The van der Waals surface area contributed by atoms with Gasteiger partial charge in [-0.2, -0.15) is 0 Å². The number of carbonyl (C=O) groups is 3. The average molecular weight is 452 g/mol. The summed E-state index contributed by atoms with van der Waals surface area (Å²) in [5.74, 6) is -1.70. The van der Waals surface area contributed by atoms with E-state index in [0.29, 0.717) is 25.9 Å². The number of ether oxygens (including phenoxy) is 1. The van der Waals surface area contributed by atoms with Gasteiger partial charge in [-0.25, -0.2) is 0 Å². The van der Waals surface area contributed by atoms with E-state index in [1.165, 1.54) is 0 Å². The van der Waals surface area contributed by atoms with Crippen LogP contribution < -0.4 is 10.6 Å². The predicted octanol–water partition coefficient (Wildman–Crippen LogP) is 1.74. The molecule has 3 saturated heterocycles. The average Bonchev–Trinajstić information content (AvgIpc) is 3.25. The molecule has 8 heteroatoms. The Hall–Kier alpha value is -1.67. The van der Waals surface area contributed by atoms with Crippen LogP contribution in [0.2, 0.25) is 0 Å². The van der Waals surface area contributed by atoms with Gasteiger partial charge >= 0.3 is 0 Å². The van der Waals surface area contributed by atoms with Gasteiger partial charge in [-0.1, -0.05) is 19.8 Å². The van der Waals surface area contributed by atoms with Gasteiger partial charge in [0.2, 0.25) is 17.7 Å². The SMILES string of the molecule is CCCNC(=O)[C@H]1[C@H]2C(=O)N(CCCCCCO)C(C(=O)NC(C)(C)C)C23CC[C@]1(C)O3. The van der Waals surface area contributed by atoms with E-state index >= 15 is 0 Å². The van der Waals surface area contributed by atoms with Crippen molar-refractivity contribution in [2.45, 2.75) is 102 Å². The Balaban J connectivity index is 1.91. The maximum atomic E-state index is 13.7. The summed E-state index contributed by atoms with van der Waals surface area (Å²) in [6.45, 7) is 10.8. The molecule has 1 spiro atoms. The highest BCUT2D eigenvalue weighted by molar-refractivity contribution is 5.99. The third-order valence-electron chi connectivity index (χ3n) is 7.16. The highest BCUT2D eigenvalue weighted by Crippen LogP contribution is 2.63. The summed E-state index contributed by atoms with van der Waals surface area (Å²) in [4.78, 5) is 42.1. The van der Waals surface area contributed by atoms with E-state index < -0.39 is 34.6 Å². The minimum absolute atomic E-state index is 0.138. The maximum Gasteiger partial charge on any atom is 0.246 e. The lowest BCUT2D eigenvalue weighted by molar-refractivity contribution is -0.146. The number of nitrogens with one attached hydrogen (secondary N) is 2. The Morgan fingerprint density at radius 3 is 2.47 bits per heavy atom. The van der Waals surface area contributed by atoms with Gasteiger partial charge in [0.25, 0.3) is 0 Å². The van der Waals surface area contributed by atoms with E-state index in [9.17, 15) is 14.4 Å². The summed E-state index contributed by atoms with van der Waals surface area (Å²) in [5, 5.41) is 15.0. The zero-order valence-corrected chi connectivity index (χ0v) is 20.3. The van der Waals surface area contributed by atoms with Crippen LogP contribution in [0.1, 0.15) is 79.6 Å². The van der Waals surface area contributed by atoms with E-state index in [0.717, 1.165) is 32.1 Å². The molecule has 2 unspecified atom stereocenters. The lowest BCUT2D eigenvalue weighted by Gasteiger charge is -2.35. The van der Waals surface area contributed by atoms with Crippen LogP contribution in [0.15, 0.2) is 0 Å². The van der Waals surface area contributed by atoms with E-state index in [4.69, 9.17) is 9.84 Å². The second-order valence-electron chi connectivity index (χ2n) is 10.9. The summed E-state index contributed by atoms with van der Waals surface area (Å²) in [6.07, 6.45) is 5.30. The van der Waals surface area contributed by atoms with Gasteiger partial charge in [-0.3, -0.25) is 14.4 Å². The molecule has 3 heterocycles. The van der Waals surface area contributed by atoms with Crippen LogP contribution in [0.4, 0.5) is 0 Å². The number of carbonyl (C=O) groups excluding carboxylic acids is 3. The molecule has 3 aliphatic heterocycles. The molecule has 182 valence electrons. The lowest BCUT2D eigenvalue weighted by Crippen LogP contribution is -2.58. The van der Waals surface area contributed by atoms with Gasteiger partial charge in [0, 0.05) is 25.2 Å². The van der Waals surface area contributed by atoms with Gasteiger partial charge < -0.3 is 25.4 Å². The largest absolute Gasteiger partial charge is 0.396 e. The van der Waals surface area contributed by atoms with E-state index in [2.05, 4.69) is 10.6 Å². The van der Waals surface area contributed by atoms with Crippen molar-refractivity contribution in [1.82, 2.24) is 15.5 Å². The second kappa shape index (κ2) is 9.29. The number of likely N-dealkylation sites (tertiary alicyclic amines) is 1. The normalized spacial score (nSPS) is 33.5. The first-order valence-corrected chi connectivity index (χ1v) is 12.2. The quantitative estimate of drug-likeness (QED) is 0.439. The van der Waals surface area contributed by atoms with Crippen molar-refractivity contribution in [1.29, 1.82) is 0 Å². The fraction of sp³-hybridized carbons (Fsp3) is 0.875. The molecule has 5 atom stereocenters. The number of hydrogen-bond donors (Lipinski definition) is 3. The Labute approximate surface area is 191 Å². The van der Waals surface area contributed by atoms with Crippen LogP contribution in [0.5, 0.6) is 0 Å². The number of amides is 3. The van der Waals surface area contributed by atoms with Crippen LogP contribution >= 0.6 is 0 Å². The number of hydrogen-bond acceptors (Lipinski definition) is 5. The predicted molar refractivity (Wildman–Crippen MR) is 121 cm³/mol. The molecule has 2 bridgehead atoms. The smallest absolute Gasteiger partial charge is 0.246 e. The molecule has 3 amide bonds. The van der Waals surface area contributed by atoms with Crippen molar-refractivity contribution < 1.29 is 24.2 Å². The molecule has 0 aromatic heterocycles. The highest BCUT2D eigenvalue weighted by Gasteiger charge is 2.77. The molecule has 3 rings (SSSR count). The van der Waals surface area contributed by atoms with Gasteiger partial charge in [0.05, 0.1) is 17.4 Å². The molecule has 0 aromatic carbocycles. The van der Waals surface area contributed by atoms with E-state index in [1.807, 2.05) is 34.6 Å². The first kappa shape index (κ1) is 25.0. The first-order chi connectivity index (χ1) is 15.0. The summed E-state index contributed by atoms with van der Waals surface area (Å²) < 4.78 is 6.56. The topological polar surface area (TPSA) is 108 Å². The molecule has 32 heavy (non-hydrogen) atoms. The minimum atomic E-state index is -0.958. The molecule has 3 fully saturated rings. The lowest BCUT2D eigenvalue weighted by atomic mass is 9.66. The molecule has 0 aliphatic carbocycles. The second-order valence-corrected chi connectivity index (χ2v) is 10.9. The fourth-order valence-electron chi connectivity index (χ4n) is 5.91. The molecule has 0 aromatic rings. The van der Waals surface area contributed by atoms with Crippen LogP contribution in [0.25, 0.3) is 0 Å². The summed E-state index contributed by atoms with van der Waals surface area (Å²) >= 11 is 0. The molecule has 3 aliphatic rings. The van der Waals surface area contributed by atoms with Crippen molar-refractivity contribution in [2.24, 2.45) is 11.8 Å². The highest BCUT2D eigenvalue weighted by atomic mass is 16.5. The summed E-state index contributed by atoms with van der Waals surface area (Å²) in [6, 6.07) is -0.733. The maximum absolute atomic E-state index is 13.7. The monoisotopic (exact) mass is 451 g/mol. The van der Waals surface area contributed by atoms with Crippen LogP contribution in [-0.2, 0) is 19.1 Å². The number of aliphatic hydroxyl groups is 1. The van der Waals surface area contributed by atoms with Gasteiger partial charge in [-0.05, 0) is 59.8 Å². The Kier molecular flexibility index (Phi) is 7.25. The molecule has 3 N–H and O–H groups in total. The van der Waals surface area contributed by atoms with Crippen molar-refractivity contribution in [3.63, 3.8) is 0 Å². The zero-order chi connectivity index (χ0) is 23.7. The van der Waals surface area contributed by atoms with Crippen molar-refractivity contribution >= 4 is 17.7 Å². The van der Waals surface area contributed by atoms with Crippen LogP contribution in [-0.4, -0.2) is 70.2 Å². The minimum Gasteiger partial charge on any atom is -0.396 e.